The molecule has 136 valence electrons. The van der Waals surface area contributed by atoms with Crippen molar-refractivity contribution < 1.29 is 23.9 Å². The van der Waals surface area contributed by atoms with E-state index in [9.17, 15) is 14.4 Å². The normalized spacial score (nSPS) is 10.6. The Bertz CT molecular complexity index is 611. The average molecular weight is 349 g/mol. The Morgan fingerprint density at radius 1 is 1.16 bits per heavy atom. The first-order valence-electron chi connectivity index (χ1n) is 7.79. The number of methoxy groups -OCH3 is 1. The molecule has 0 aromatic heterocycles. The number of rotatable bonds is 9. The number of nitrogens with one attached hydrogen (secondary N) is 2. The third kappa shape index (κ3) is 9.09. The summed E-state index contributed by atoms with van der Waals surface area (Å²) in [4.78, 5) is 34.0. The van der Waals surface area contributed by atoms with Crippen LogP contribution in [-0.4, -0.2) is 44.3 Å². The van der Waals surface area contributed by atoms with Gasteiger partial charge in [-0.15, -0.1) is 0 Å². The van der Waals surface area contributed by atoms with E-state index in [-0.39, 0.29) is 18.9 Å². The lowest BCUT2D eigenvalue weighted by Crippen LogP contribution is -2.32. The minimum Gasteiger partial charge on any atom is -0.482 e. The fourth-order valence-electron chi connectivity index (χ4n) is 1.60. The van der Waals surface area contributed by atoms with Gasteiger partial charge in [-0.1, -0.05) is 13.8 Å². The smallest absolute Gasteiger partial charge is 0.343 e. The van der Waals surface area contributed by atoms with E-state index in [0.29, 0.717) is 18.2 Å². The third-order valence-electron chi connectivity index (χ3n) is 2.90. The molecule has 25 heavy (non-hydrogen) atoms. The summed E-state index contributed by atoms with van der Waals surface area (Å²) in [5, 5.41) is 6.44. The van der Waals surface area contributed by atoms with Crippen molar-refractivity contribution >= 4 is 24.0 Å². The number of amides is 2. The van der Waals surface area contributed by atoms with E-state index in [1.807, 2.05) is 13.8 Å². The molecule has 1 rings (SSSR count). The molecule has 0 radical (unpaired) electrons. The van der Waals surface area contributed by atoms with Gasteiger partial charge < -0.3 is 14.8 Å². The molecule has 0 atom stereocenters. The first kappa shape index (κ1) is 20.1. The Kier molecular flexibility index (Phi) is 8.70. The Labute approximate surface area is 146 Å². The number of hydrogen-bond acceptors (Lipinski definition) is 6. The number of carbonyl (C=O) groups excluding carboxylic acids is 3. The molecule has 0 bridgehead atoms. The lowest BCUT2D eigenvalue weighted by molar-refractivity contribution is -0.143. The van der Waals surface area contributed by atoms with Crippen molar-refractivity contribution in [2.75, 3.05) is 20.3 Å². The van der Waals surface area contributed by atoms with Crippen LogP contribution in [0.4, 0.5) is 0 Å². The van der Waals surface area contributed by atoms with E-state index < -0.39 is 11.9 Å². The van der Waals surface area contributed by atoms with Crippen molar-refractivity contribution in [2.24, 2.45) is 11.0 Å². The molecule has 0 saturated carbocycles. The van der Waals surface area contributed by atoms with E-state index >= 15 is 0 Å². The molecule has 0 aliphatic carbocycles. The van der Waals surface area contributed by atoms with Crippen molar-refractivity contribution in [3.8, 4) is 5.75 Å². The van der Waals surface area contributed by atoms with Crippen molar-refractivity contribution in [3.63, 3.8) is 0 Å². The standard InChI is InChI=1S/C17H23N3O5/c1-12(2)9-18-15(21)8-16(22)20-19-10-13-4-6-14(7-5-13)25-11-17(23)24-3/h4-7,10,12H,8-9,11H2,1-3H3,(H,18,21)(H,20,22)/b19-10+. The van der Waals surface area contributed by atoms with Crippen LogP contribution in [0.1, 0.15) is 25.8 Å². The molecule has 8 heteroatoms. The molecular weight excluding hydrogens is 326 g/mol. The number of hydrazone groups is 1. The first-order chi connectivity index (χ1) is 11.9. The molecule has 2 amide bonds. The van der Waals surface area contributed by atoms with Gasteiger partial charge >= 0.3 is 5.97 Å². The quantitative estimate of drug-likeness (QED) is 0.298. The summed E-state index contributed by atoms with van der Waals surface area (Å²) in [7, 11) is 1.29. The monoisotopic (exact) mass is 349 g/mol. The lowest BCUT2D eigenvalue weighted by Gasteiger charge is -2.06. The second-order valence-electron chi connectivity index (χ2n) is 5.60. The number of benzene rings is 1. The molecule has 0 saturated heterocycles. The topological polar surface area (TPSA) is 106 Å². The van der Waals surface area contributed by atoms with Gasteiger partial charge in [0.2, 0.25) is 11.8 Å². The average Bonchev–Trinajstić information content (AvgIpc) is 2.59. The summed E-state index contributed by atoms with van der Waals surface area (Å²) in [5.74, 6) is -0.465. The molecule has 0 aliphatic heterocycles. The predicted molar refractivity (Wildman–Crippen MR) is 92.2 cm³/mol. The first-order valence-corrected chi connectivity index (χ1v) is 7.79. The summed E-state index contributed by atoms with van der Waals surface area (Å²) in [6, 6.07) is 6.73. The van der Waals surface area contributed by atoms with Crippen LogP contribution in [0.3, 0.4) is 0 Å². The van der Waals surface area contributed by atoms with E-state index in [1.165, 1.54) is 13.3 Å². The molecule has 1 aromatic carbocycles. The highest BCUT2D eigenvalue weighted by molar-refractivity contribution is 5.97. The Hall–Kier alpha value is -2.90. The summed E-state index contributed by atoms with van der Waals surface area (Å²) in [6.45, 7) is 4.30. The van der Waals surface area contributed by atoms with Crippen LogP contribution in [0.25, 0.3) is 0 Å². The predicted octanol–water partition coefficient (Wildman–Crippen LogP) is 0.851. The van der Waals surface area contributed by atoms with Crippen LogP contribution in [-0.2, 0) is 19.1 Å². The van der Waals surface area contributed by atoms with Crippen LogP contribution in [0, 0.1) is 5.92 Å². The van der Waals surface area contributed by atoms with Crippen molar-refractivity contribution in [3.05, 3.63) is 29.8 Å². The van der Waals surface area contributed by atoms with Crippen molar-refractivity contribution in [1.29, 1.82) is 0 Å². The zero-order valence-electron chi connectivity index (χ0n) is 14.6. The number of nitrogens with zero attached hydrogens (tertiary/aromatic N) is 1. The maximum Gasteiger partial charge on any atom is 0.343 e. The second-order valence-corrected chi connectivity index (χ2v) is 5.60. The maximum absolute atomic E-state index is 11.6. The van der Waals surface area contributed by atoms with Crippen LogP contribution in [0.15, 0.2) is 29.4 Å². The molecule has 0 spiro atoms. The van der Waals surface area contributed by atoms with E-state index in [0.717, 1.165) is 5.56 Å². The summed E-state index contributed by atoms with van der Waals surface area (Å²) < 4.78 is 9.68. The largest absolute Gasteiger partial charge is 0.482 e. The van der Waals surface area contributed by atoms with Crippen molar-refractivity contribution in [1.82, 2.24) is 10.7 Å². The van der Waals surface area contributed by atoms with Gasteiger partial charge in [-0.3, -0.25) is 9.59 Å². The molecule has 0 heterocycles. The SMILES string of the molecule is COC(=O)COc1ccc(/C=N/NC(=O)CC(=O)NCC(C)C)cc1. The maximum atomic E-state index is 11.6. The minimum absolute atomic E-state index is 0.168. The molecule has 0 unspecified atom stereocenters. The van der Waals surface area contributed by atoms with Gasteiger partial charge in [0, 0.05) is 6.54 Å². The highest BCUT2D eigenvalue weighted by Gasteiger charge is 2.08. The third-order valence-corrected chi connectivity index (χ3v) is 2.90. The van der Waals surface area contributed by atoms with Crippen LogP contribution in [0.2, 0.25) is 0 Å². The fraction of sp³-hybridized carbons (Fsp3) is 0.412. The van der Waals surface area contributed by atoms with Crippen LogP contribution in [0.5, 0.6) is 5.75 Å². The molecule has 0 aliphatic rings. The van der Waals surface area contributed by atoms with Gasteiger partial charge in [0.1, 0.15) is 12.2 Å². The van der Waals surface area contributed by atoms with E-state index in [2.05, 4.69) is 20.6 Å². The molecule has 0 fully saturated rings. The van der Waals surface area contributed by atoms with Crippen LogP contribution < -0.4 is 15.5 Å². The summed E-state index contributed by atoms with van der Waals surface area (Å²) in [5.41, 5.74) is 3.01. The van der Waals surface area contributed by atoms with E-state index in [1.54, 1.807) is 24.3 Å². The molecule has 1 aromatic rings. The highest BCUT2D eigenvalue weighted by atomic mass is 16.6. The minimum atomic E-state index is -0.490. The summed E-state index contributed by atoms with van der Waals surface area (Å²) in [6.07, 6.45) is 1.17. The van der Waals surface area contributed by atoms with Gasteiger partial charge in [-0.25, -0.2) is 10.2 Å². The zero-order chi connectivity index (χ0) is 18.7. The van der Waals surface area contributed by atoms with Gasteiger partial charge in [0.25, 0.3) is 0 Å². The van der Waals surface area contributed by atoms with Gasteiger partial charge in [-0.05, 0) is 35.7 Å². The van der Waals surface area contributed by atoms with Gasteiger partial charge in [0.15, 0.2) is 6.61 Å². The Morgan fingerprint density at radius 3 is 2.44 bits per heavy atom. The van der Waals surface area contributed by atoms with Gasteiger partial charge in [-0.2, -0.15) is 5.10 Å². The number of hydrogen-bond donors (Lipinski definition) is 2. The number of carbonyl (C=O) groups is 3. The molecule has 8 nitrogen and oxygen atoms in total. The number of esters is 1. The summed E-state index contributed by atoms with van der Waals surface area (Å²) >= 11 is 0. The van der Waals surface area contributed by atoms with Crippen molar-refractivity contribution in [2.45, 2.75) is 20.3 Å². The Balaban J connectivity index is 2.36. The lowest BCUT2D eigenvalue weighted by atomic mass is 10.2. The molecule has 2 N–H and O–H groups in total. The molecular formula is C17H23N3O5. The van der Waals surface area contributed by atoms with Gasteiger partial charge in [0.05, 0.1) is 13.3 Å². The highest BCUT2D eigenvalue weighted by Crippen LogP contribution is 2.10. The number of ether oxygens (including phenoxy) is 2. The van der Waals surface area contributed by atoms with E-state index in [4.69, 9.17) is 4.74 Å². The Morgan fingerprint density at radius 2 is 1.84 bits per heavy atom. The fourth-order valence-corrected chi connectivity index (χ4v) is 1.60. The van der Waals surface area contributed by atoms with Crippen LogP contribution >= 0.6 is 0 Å². The zero-order valence-corrected chi connectivity index (χ0v) is 14.6. The second kappa shape index (κ2) is 10.8.